The van der Waals surface area contributed by atoms with Crippen LogP contribution in [0.4, 0.5) is 5.69 Å². The van der Waals surface area contributed by atoms with Gasteiger partial charge in [-0.25, -0.2) is 9.98 Å². The topological polar surface area (TPSA) is 52.6 Å². The van der Waals surface area contributed by atoms with Crippen molar-refractivity contribution in [1.29, 1.82) is 0 Å². The van der Waals surface area contributed by atoms with Gasteiger partial charge in [0.1, 0.15) is 0 Å². The average Bonchev–Trinajstić information content (AvgIpc) is 3.04. The van der Waals surface area contributed by atoms with Crippen LogP contribution in [0.25, 0.3) is 0 Å². The molecule has 0 aliphatic carbocycles. The van der Waals surface area contributed by atoms with Gasteiger partial charge >= 0.3 is 0 Å². The van der Waals surface area contributed by atoms with Gasteiger partial charge in [-0.15, -0.1) is 11.3 Å². The Morgan fingerprint density at radius 1 is 1.14 bits per heavy atom. The molecule has 0 atom stereocenters. The van der Waals surface area contributed by atoms with Gasteiger partial charge in [0.2, 0.25) is 0 Å². The molecule has 1 saturated heterocycles. The number of nitrogens with zero attached hydrogens (tertiary/aromatic N) is 3. The lowest BCUT2D eigenvalue weighted by Gasteiger charge is -2.28. The first-order valence-corrected chi connectivity index (χ1v) is 12.0. The first-order valence-electron chi connectivity index (χ1n) is 10.0. The second-order valence-corrected chi connectivity index (χ2v) is 9.40. The van der Waals surface area contributed by atoms with E-state index in [1.165, 1.54) is 32.6 Å². The third-order valence-corrected chi connectivity index (χ3v) is 6.86. The Hall–Kier alpha value is -1.73. The molecule has 1 aromatic heterocycles. The number of thioether (sulfide) groups is 1. The van der Waals surface area contributed by atoms with Crippen molar-refractivity contribution < 1.29 is 0 Å². The molecular weight excluding hydrogens is 386 g/mol. The summed E-state index contributed by atoms with van der Waals surface area (Å²) in [5.41, 5.74) is 3.71. The maximum Gasteiger partial charge on any atom is 0.191 e. The van der Waals surface area contributed by atoms with Crippen molar-refractivity contribution >= 4 is 34.7 Å². The van der Waals surface area contributed by atoms with Crippen LogP contribution in [0.15, 0.2) is 29.3 Å². The Balaban J connectivity index is 1.51. The summed E-state index contributed by atoms with van der Waals surface area (Å²) in [4.78, 5) is 13.1. The quantitative estimate of drug-likeness (QED) is 0.532. The highest BCUT2D eigenvalue weighted by Gasteiger charge is 2.10. The van der Waals surface area contributed by atoms with Crippen molar-refractivity contribution in [2.45, 2.75) is 33.7 Å². The first kappa shape index (κ1) is 21.0. The van der Waals surface area contributed by atoms with Gasteiger partial charge < -0.3 is 15.5 Å². The Labute approximate surface area is 177 Å². The molecule has 2 aromatic rings. The fraction of sp³-hybridized carbons (Fsp3) is 0.524. The van der Waals surface area contributed by atoms with Gasteiger partial charge in [-0.2, -0.15) is 11.8 Å². The fourth-order valence-corrected chi connectivity index (χ4v) is 4.92. The van der Waals surface area contributed by atoms with Gasteiger partial charge in [0, 0.05) is 54.7 Å². The molecule has 1 aliphatic heterocycles. The van der Waals surface area contributed by atoms with Crippen molar-refractivity contribution in [3.8, 4) is 0 Å². The van der Waals surface area contributed by atoms with E-state index in [0.717, 1.165) is 44.3 Å². The van der Waals surface area contributed by atoms with E-state index in [9.17, 15) is 0 Å². The maximum atomic E-state index is 4.74. The number of aromatic nitrogens is 1. The van der Waals surface area contributed by atoms with E-state index in [1.54, 1.807) is 11.3 Å². The van der Waals surface area contributed by atoms with Gasteiger partial charge in [-0.05, 0) is 38.5 Å². The highest BCUT2D eigenvalue weighted by Crippen LogP contribution is 2.20. The van der Waals surface area contributed by atoms with Crippen LogP contribution in [-0.2, 0) is 13.0 Å². The van der Waals surface area contributed by atoms with Crippen molar-refractivity contribution in [2.24, 2.45) is 4.99 Å². The molecule has 7 heteroatoms. The largest absolute Gasteiger partial charge is 0.370 e. The molecule has 0 spiro atoms. The molecule has 1 aliphatic rings. The van der Waals surface area contributed by atoms with Crippen LogP contribution in [0.3, 0.4) is 0 Å². The molecule has 28 heavy (non-hydrogen) atoms. The third-order valence-electron chi connectivity index (χ3n) is 4.78. The second-order valence-electron chi connectivity index (χ2n) is 6.89. The second kappa shape index (κ2) is 10.7. The van der Waals surface area contributed by atoms with Crippen molar-refractivity contribution in [1.82, 2.24) is 15.6 Å². The summed E-state index contributed by atoms with van der Waals surface area (Å²) in [7, 11) is 0. The smallest absolute Gasteiger partial charge is 0.191 e. The number of aryl methyl sites for hydroxylation is 2. The number of rotatable bonds is 7. The van der Waals surface area contributed by atoms with Crippen LogP contribution in [0.2, 0.25) is 0 Å². The number of thiazole rings is 1. The molecule has 2 N–H and O–H groups in total. The Kier molecular flexibility index (Phi) is 8.03. The minimum absolute atomic E-state index is 0.681. The van der Waals surface area contributed by atoms with Gasteiger partial charge in [0.25, 0.3) is 0 Å². The number of benzene rings is 1. The number of anilines is 1. The number of guanidine groups is 1. The van der Waals surface area contributed by atoms with E-state index in [4.69, 9.17) is 4.99 Å². The molecular formula is C21H31N5S2. The van der Waals surface area contributed by atoms with Gasteiger partial charge in [0.15, 0.2) is 5.96 Å². The summed E-state index contributed by atoms with van der Waals surface area (Å²) in [6.07, 6.45) is 0.923. The molecule has 2 heterocycles. The zero-order chi connectivity index (χ0) is 19.8. The normalized spacial score (nSPS) is 15.0. The van der Waals surface area contributed by atoms with E-state index >= 15 is 0 Å². The predicted molar refractivity (Wildman–Crippen MR) is 124 cm³/mol. The molecule has 0 radical (unpaired) electrons. The zero-order valence-electron chi connectivity index (χ0n) is 17.1. The average molecular weight is 418 g/mol. The molecule has 1 fully saturated rings. The summed E-state index contributed by atoms with van der Waals surface area (Å²) in [5, 5.41) is 7.94. The van der Waals surface area contributed by atoms with Gasteiger partial charge in [-0.1, -0.05) is 12.1 Å². The molecule has 3 rings (SSSR count). The number of hydrogen-bond donors (Lipinski definition) is 2. The zero-order valence-corrected chi connectivity index (χ0v) is 18.8. The minimum atomic E-state index is 0.681. The summed E-state index contributed by atoms with van der Waals surface area (Å²) < 4.78 is 0. The first-order chi connectivity index (χ1) is 13.7. The van der Waals surface area contributed by atoms with E-state index in [0.29, 0.717) is 6.54 Å². The van der Waals surface area contributed by atoms with Crippen LogP contribution >= 0.6 is 23.1 Å². The van der Waals surface area contributed by atoms with Gasteiger partial charge in [0.05, 0.1) is 17.2 Å². The summed E-state index contributed by atoms with van der Waals surface area (Å²) in [6.45, 7) is 11.0. The summed E-state index contributed by atoms with van der Waals surface area (Å²) in [6, 6.07) is 8.86. The van der Waals surface area contributed by atoms with Crippen LogP contribution < -0.4 is 15.5 Å². The minimum Gasteiger partial charge on any atom is -0.370 e. The lowest BCUT2D eigenvalue weighted by atomic mass is 10.2. The highest BCUT2D eigenvalue weighted by atomic mass is 32.2. The number of nitrogens with one attached hydrogen (secondary N) is 2. The molecule has 152 valence electrons. The van der Waals surface area contributed by atoms with E-state index < -0.39 is 0 Å². The standard InChI is InChI=1S/C21H31N5S2/c1-4-22-21(23-10-9-20-25-16(2)17(3)28-20)24-15-18-5-7-19(8-6-18)26-11-13-27-14-12-26/h5-8H,4,9-15H2,1-3H3,(H2,22,23,24). The Morgan fingerprint density at radius 2 is 1.89 bits per heavy atom. The predicted octanol–water partition coefficient (Wildman–Crippen LogP) is 3.61. The molecule has 0 saturated carbocycles. The highest BCUT2D eigenvalue weighted by molar-refractivity contribution is 7.99. The molecule has 0 bridgehead atoms. The van der Waals surface area contributed by atoms with Crippen LogP contribution in [0.1, 0.15) is 28.1 Å². The van der Waals surface area contributed by atoms with Gasteiger partial charge in [-0.3, -0.25) is 0 Å². The van der Waals surface area contributed by atoms with Crippen LogP contribution in [-0.4, -0.2) is 48.6 Å². The SMILES string of the molecule is CCNC(=NCc1ccc(N2CCSCC2)cc1)NCCc1nc(C)c(C)s1. The molecule has 5 nitrogen and oxygen atoms in total. The van der Waals surface area contributed by atoms with Crippen LogP contribution in [0.5, 0.6) is 0 Å². The fourth-order valence-electron chi connectivity index (χ4n) is 3.08. The monoisotopic (exact) mass is 417 g/mol. The van der Waals surface area contributed by atoms with E-state index in [1.807, 2.05) is 11.8 Å². The third kappa shape index (κ3) is 6.14. The Morgan fingerprint density at radius 3 is 2.54 bits per heavy atom. The van der Waals surface area contributed by atoms with Crippen LogP contribution in [0, 0.1) is 13.8 Å². The molecule has 1 aromatic carbocycles. The van der Waals surface area contributed by atoms with Crippen molar-refractivity contribution in [2.75, 3.05) is 42.6 Å². The molecule has 0 amide bonds. The van der Waals surface area contributed by atoms with Crippen molar-refractivity contribution in [3.63, 3.8) is 0 Å². The summed E-state index contributed by atoms with van der Waals surface area (Å²) >= 11 is 3.83. The summed E-state index contributed by atoms with van der Waals surface area (Å²) in [5.74, 6) is 3.32. The van der Waals surface area contributed by atoms with E-state index in [2.05, 4.69) is 65.6 Å². The number of hydrogen-bond acceptors (Lipinski definition) is 5. The number of aliphatic imine (C=N–C) groups is 1. The van der Waals surface area contributed by atoms with Crippen molar-refractivity contribution in [3.05, 3.63) is 45.4 Å². The molecule has 0 unspecified atom stereocenters. The maximum absolute atomic E-state index is 4.74. The lowest BCUT2D eigenvalue weighted by molar-refractivity contribution is 0.795. The van der Waals surface area contributed by atoms with E-state index in [-0.39, 0.29) is 0 Å². The Bertz CT molecular complexity index is 744. The lowest BCUT2D eigenvalue weighted by Crippen LogP contribution is -2.38.